The predicted octanol–water partition coefficient (Wildman–Crippen LogP) is 9.78. The number of aliphatic hydroxyl groups excluding tert-OH is 2. The normalized spacial score (nSPS) is 19.3. The van der Waals surface area contributed by atoms with E-state index in [2.05, 4.69) is 9.47 Å². The third-order valence-electron chi connectivity index (χ3n) is 9.36. The van der Waals surface area contributed by atoms with E-state index in [0.29, 0.717) is 22.0 Å². The highest BCUT2D eigenvalue weighted by Gasteiger charge is 2.56. The van der Waals surface area contributed by atoms with Gasteiger partial charge < -0.3 is 19.7 Å². The molecule has 314 valence electrons. The van der Waals surface area contributed by atoms with Crippen LogP contribution in [0.3, 0.4) is 0 Å². The molecular weight excluding hydrogens is 855 g/mol. The third-order valence-corrected chi connectivity index (χ3v) is 11.9. The van der Waals surface area contributed by atoms with E-state index in [4.69, 9.17) is 0 Å². The summed E-state index contributed by atoms with van der Waals surface area (Å²) in [5.74, 6) is -1.71. The van der Waals surface area contributed by atoms with Crippen LogP contribution in [0.1, 0.15) is 11.1 Å². The molecule has 0 spiro atoms. The molecule has 4 bridgehead atoms. The zero-order valence-corrected chi connectivity index (χ0v) is 30.3. The highest BCUT2D eigenvalue weighted by molar-refractivity contribution is 8.74. The molecule has 6 nitrogen and oxygen atoms in total. The fourth-order valence-electron chi connectivity index (χ4n) is 6.79. The fraction of sp³-hybridized carbons (Fsp3) is 0.333. The van der Waals surface area contributed by atoms with E-state index in [9.17, 15) is 71.7 Å². The Hall–Kier alpha value is -3.96. The molecule has 0 aromatic heterocycles. The van der Waals surface area contributed by atoms with Gasteiger partial charge in [-0.15, -0.1) is 0 Å². The molecule has 4 aliphatic rings. The number of alkyl halides is 14. The Morgan fingerprint density at radius 3 is 1.10 bits per heavy atom. The van der Waals surface area contributed by atoms with Crippen molar-refractivity contribution in [2.75, 3.05) is 13.1 Å². The Bertz CT molecular complexity index is 1890. The lowest BCUT2D eigenvalue weighted by Gasteiger charge is -2.46. The minimum atomic E-state index is -5.32. The second-order valence-corrected chi connectivity index (χ2v) is 15.0. The lowest BCUT2D eigenvalue weighted by molar-refractivity contribution is -0.253. The molecule has 0 aliphatic heterocycles. The van der Waals surface area contributed by atoms with Crippen LogP contribution >= 0.6 is 22.0 Å². The Labute approximate surface area is 327 Å². The molecule has 0 heterocycles. The van der Waals surface area contributed by atoms with Crippen molar-refractivity contribution in [2.24, 2.45) is 0 Å². The number of benzene rings is 2. The molecule has 2 unspecified atom stereocenters. The topological polar surface area (TPSA) is 65.4 Å². The van der Waals surface area contributed by atoms with E-state index in [-0.39, 0.29) is 33.4 Å². The fourth-order valence-corrected chi connectivity index (χ4v) is 9.73. The predicted molar refractivity (Wildman–Crippen MR) is 183 cm³/mol. The maximum atomic E-state index is 14.1. The van der Waals surface area contributed by atoms with Crippen molar-refractivity contribution in [1.82, 2.24) is 8.61 Å². The van der Waals surface area contributed by atoms with Crippen LogP contribution in [-0.2, 0) is 11.1 Å². The number of hydrogen-bond acceptors (Lipinski definition) is 8. The molecule has 0 saturated carbocycles. The summed E-state index contributed by atoms with van der Waals surface area (Å²) in [6.07, 6.45) is -24.4. The monoisotopic (exact) mass is 880 g/mol. The first-order valence-electron chi connectivity index (χ1n) is 16.5. The molecule has 4 aliphatic carbocycles. The lowest BCUT2D eigenvalue weighted by Crippen LogP contribution is -2.50. The summed E-state index contributed by atoms with van der Waals surface area (Å²) < 4.78 is 203. The summed E-state index contributed by atoms with van der Waals surface area (Å²) in [4.78, 5) is 0. The van der Waals surface area contributed by atoms with Crippen molar-refractivity contribution in [1.29, 1.82) is 0 Å². The summed E-state index contributed by atoms with van der Waals surface area (Å²) in [5, 5.41) is 20.9. The second-order valence-electron chi connectivity index (χ2n) is 12.9. The number of aliphatic hydroxyl groups is 2. The number of ether oxygens (including phenoxy) is 2. The Morgan fingerprint density at radius 1 is 0.534 bits per heavy atom. The number of hydrogen-bond donors (Lipinski definition) is 2. The van der Waals surface area contributed by atoms with Gasteiger partial charge in [-0.2, -0.15) is 61.5 Å². The number of allylic oxidation sites excluding steroid dienone is 4. The van der Waals surface area contributed by atoms with Crippen LogP contribution in [0.25, 0.3) is 0 Å². The van der Waals surface area contributed by atoms with Gasteiger partial charge in [-0.1, -0.05) is 72.9 Å². The second kappa shape index (κ2) is 15.6. The van der Waals surface area contributed by atoms with Crippen molar-refractivity contribution in [3.63, 3.8) is 0 Å². The van der Waals surface area contributed by atoms with Gasteiger partial charge in [0.2, 0.25) is 0 Å². The number of nitrogens with zero attached hydrogens (tertiary/aromatic N) is 2. The maximum absolute atomic E-state index is 14.1. The highest BCUT2D eigenvalue weighted by atomic mass is 33.1. The van der Waals surface area contributed by atoms with Crippen molar-refractivity contribution in [3.05, 3.63) is 131 Å². The number of fused-ring (bicyclic) bond motifs is 4. The highest BCUT2D eigenvalue weighted by Crippen LogP contribution is 2.60. The summed E-state index contributed by atoms with van der Waals surface area (Å²) in [6.45, 7) is -2.76. The average molecular weight is 881 g/mol. The molecule has 2 atom stereocenters. The summed E-state index contributed by atoms with van der Waals surface area (Å²) in [7, 11) is 0.587. The van der Waals surface area contributed by atoms with Crippen molar-refractivity contribution in [2.45, 2.75) is 60.7 Å². The van der Waals surface area contributed by atoms with E-state index < -0.39 is 85.3 Å². The van der Waals surface area contributed by atoms with Gasteiger partial charge >= 0.3 is 37.4 Å². The van der Waals surface area contributed by atoms with E-state index in [0.717, 1.165) is 45.0 Å². The summed E-state index contributed by atoms with van der Waals surface area (Å²) in [6, 6.07) is 7.96. The van der Waals surface area contributed by atoms with Crippen LogP contribution in [0, 0.1) is 0 Å². The molecule has 2 N–H and O–H groups in total. The first-order valence-corrected chi connectivity index (χ1v) is 18.5. The van der Waals surface area contributed by atoms with Crippen molar-refractivity contribution >= 4 is 22.0 Å². The van der Waals surface area contributed by atoms with Gasteiger partial charge in [0, 0.05) is 35.0 Å². The first kappa shape index (κ1) is 43.6. The standard InChI is InChI=1S/C36H26F14N2O4S2/c37-29(38)35(47,48)55-25-5-1-3-23(15-25)31(19-7-8-20(31)10-9-19)51(17-27(53)33(41,42)43)57-58-52(18-28(54)34(44,45)46)32(21-11-12-22(32)14-13-21)24-4-2-6-26(16-24)56-36(49,50)30(39)40/h1-16,27-30,53-54H,17-18H2. The van der Waals surface area contributed by atoms with Crippen molar-refractivity contribution < 1.29 is 81.2 Å². The van der Waals surface area contributed by atoms with E-state index in [1.54, 1.807) is 0 Å². The van der Waals surface area contributed by atoms with Crippen LogP contribution in [0.5, 0.6) is 11.5 Å². The zero-order valence-electron chi connectivity index (χ0n) is 28.7. The van der Waals surface area contributed by atoms with Gasteiger partial charge in [-0.05, 0) is 57.7 Å². The molecule has 58 heavy (non-hydrogen) atoms. The SMILES string of the molecule is OC(CN(SSN(CC(O)C(F)(F)F)C1(c2cccc(OC(F)(F)C(F)F)c2)C2=CC=C1C=C2)C1(c2cccc(OC(F)(F)C(F)F)c2)C2=CC=C1C=C2)C(F)(F)F. The zero-order chi connectivity index (χ0) is 42.6. The Morgan fingerprint density at radius 2 is 0.845 bits per heavy atom. The van der Waals surface area contributed by atoms with Gasteiger partial charge in [0.25, 0.3) is 0 Å². The average Bonchev–Trinajstić information content (AvgIpc) is 3.90. The number of rotatable bonds is 17. The van der Waals surface area contributed by atoms with Gasteiger partial charge in [0.1, 0.15) is 22.6 Å². The van der Waals surface area contributed by atoms with Crippen LogP contribution in [0.15, 0.2) is 119 Å². The third kappa shape index (κ3) is 7.89. The molecule has 2 aromatic rings. The minimum Gasteiger partial charge on any atom is -0.428 e. The Balaban J connectivity index is 1.48. The lowest BCUT2D eigenvalue weighted by atomic mass is 9.83. The largest absolute Gasteiger partial charge is 0.461 e. The molecule has 0 radical (unpaired) electrons. The molecular formula is C36H26F14N2O4S2. The maximum Gasteiger partial charge on any atom is 0.461 e. The van der Waals surface area contributed by atoms with Gasteiger partial charge in [-0.25, -0.2) is 8.61 Å². The molecule has 0 saturated heterocycles. The van der Waals surface area contributed by atoms with Crippen molar-refractivity contribution in [3.8, 4) is 11.5 Å². The summed E-state index contributed by atoms with van der Waals surface area (Å²) in [5.41, 5.74) is -3.79. The quantitative estimate of drug-likeness (QED) is 0.0926. The van der Waals surface area contributed by atoms with Gasteiger partial charge in [0.15, 0.2) is 12.2 Å². The van der Waals surface area contributed by atoms with Crippen LogP contribution in [0.2, 0.25) is 0 Å². The molecule has 0 amide bonds. The van der Waals surface area contributed by atoms with E-state index in [1.807, 2.05) is 0 Å². The Kier molecular flexibility index (Phi) is 11.7. The molecule has 2 aromatic carbocycles. The smallest absolute Gasteiger partial charge is 0.428 e. The minimum absolute atomic E-state index is 0.136. The van der Waals surface area contributed by atoms with E-state index >= 15 is 0 Å². The van der Waals surface area contributed by atoms with Crippen LogP contribution in [0.4, 0.5) is 61.5 Å². The van der Waals surface area contributed by atoms with Crippen LogP contribution in [-0.4, -0.2) is 81.5 Å². The van der Waals surface area contributed by atoms with Crippen LogP contribution < -0.4 is 9.47 Å². The molecule has 6 rings (SSSR count). The molecule has 0 fully saturated rings. The van der Waals surface area contributed by atoms with E-state index in [1.165, 1.54) is 60.7 Å². The van der Waals surface area contributed by atoms with Gasteiger partial charge in [-0.3, -0.25) is 0 Å². The van der Waals surface area contributed by atoms with Gasteiger partial charge in [0.05, 0.1) is 0 Å². The molecule has 22 heteroatoms. The summed E-state index contributed by atoms with van der Waals surface area (Å²) >= 11 is 0. The first-order chi connectivity index (χ1) is 26.9. The number of halogens is 14.